The largest absolute Gasteiger partial charge is 0.507 e. The zero-order chi connectivity index (χ0) is 13.9. The third-order valence-corrected chi connectivity index (χ3v) is 2.94. The van der Waals surface area contributed by atoms with Crippen molar-refractivity contribution in [1.29, 1.82) is 0 Å². The summed E-state index contributed by atoms with van der Waals surface area (Å²) in [4.78, 5) is 4.31. The molecular weight excluding hydrogens is 258 g/mol. The smallest absolute Gasteiger partial charge is 0.231 e. The van der Waals surface area contributed by atoms with Crippen LogP contribution in [0.4, 0.5) is 5.69 Å². The molecule has 0 fully saturated rings. The van der Waals surface area contributed by atoms with E-state index >= 15 is 0 Å². The molecule has 20 heavy (non-hydrogen) atoms. The lowest BCUT2D eigenvalue weighted by Gasteiger charge is -2.03. The molecule has 0 saturated carbocycles. The molecular formula is C15H13NO4. The molecule has 5 heteroatoms. The van der Waals surface area contributed by atoms with E-state index in [2.05, 4.69) is 4.99 Å². The Morgan fingerprint density at radius 1 is 1.15 bits per heavy atom. The minimum atomic E-state index is 0.148. The number of hydrogen-bond donors (Lipinski definition) is 1. The molecule has 0 amide bonds. The van der Waals surface area contributed by atoms with Gasteiger partial charge in [0.05, 0.1) is 12.8 Å². The third kappa shape index (κ3) is 2.38. The summed E-state index contributed by atoms with van der Waals surface area (Å²) in [6.45, 7) is 0.235. The molecule has 1 aliphatic rings. The van der Waals surface area contributed by atoms with Gasteiger partial charge in [-0.15, -0.1) is 0 Å². The highest BCUT2D eigenvalue weighted by molar-refractivity contribution is 5.86. The number of phenolic OH excluding ortho intramolecular Hbond substituents is 1. The van der Waals surface area contributed by atoms with Crippen LogP contribution in [-0.2, 0) is 0 Å². The molecule has 0 atom stereocenters. The maximum atomic E-state index is 9.77. The molecule has 3 rings (SSSR count). The van der Waals surface area contributed by atoms with E-state index in [4.69, 9.17) is 14.2 Å². The summed E-state index contributed by atoms with van der Waals surface area (Å²) in [7, 11) is 1.57. The number of aliphatic imine (C=N–C) groups is 1. The Balaban J connectivity index is 1.87. The number of aromatic hydroxyl groups is 1. The quantitative estimate of drug-likeness (QED) is 0.872. The third-order valence-electron chi connectivity index (χ3n) is 2.94. The monoisotopic (exact) mass is 271 g/mol. The van der Waals surface area contributed by atoms with Gasteiger partial charge in [-0.05, 0) is 30.3 Å². The van der Waals surface area contributed by atoms with Crippen molar-refractivity contribution >= 4 is 11.9 Å². The number of ether oxygens (including phenoxy) is 3. The first-order chi connectivity index (χ1) is 9.76. The average molecular weight is 271 g/mol. The average Bonchev–Trinajstić information content (AvgIpc) is 2.94. The maximum Gasteiger partial charge on any atom is 0.231 e. The van der Waals surface area contributed by atoms with Crippen molar-refractivity contribution < 1.29 is 19.3 Å². The molecule has 102 valence electrons. The lowest BCUT2D eigenvalue weighted by Crippen LogP contribution is -1.92. The SMILES string of the molecule is COc1ccc(O)c(C=Nc2ccc3c(c2)OCO3)c1. The normalized spacial score (nSPS) is 12.8. The zero-order valence-electron chi connectivity index (χ0n) is 10.9. The predicted molar refractivity (Wildman–Crippen MR) is 74.5 cm³/mol. The highest BCUT2D eigenvalue weighted by Crippen LogP contribution is 2.35. The molecule has 0 unspecified atom stereocenters. The highest BCUT2D eigenvalue weighted by Gasteiger charge is 2.12. The van der Waals surface area contributed by atoms with E-state index < -0.39 is 0 Å². The van der Waals surface area contributed by atoms with Gasteiger partial charge < -0.3 is 19.3 Å². The van der Waals surface area contributed by atoms with Gasteiger partial charge in [0.15, 0.2) is 11.5 Å². The van der Waals surface area contributed by atoms with Crippen LogP contribution in [-0.4, -0.2) is 25.2 Å². The number of hydrogen-bond acceptors (Lipinski definition) is 5. The second-order valence-corrected chi connectivity index (χ2v) is 4.22. The van der Waals surface area contributed by atoms with Crippen molar-refractivity contribution in [2.24, 2.45) is 4.99 Å². The minimum absolute atomic E-state index is 0.148. The molecule has 2 aromatic rings. The van der Waals surface area contributed by atoms with Crippen LogP contribution in [0.25, 0.3) is 0 Å². The molecule has 0 aromatic heterocycles. The van der Waals surface area contributed by atoms with Crippen LogP contribution in [0.2, 0.25) is 0 Å². The summed E-state index contributed by atoms with van der Waals surface area (Å²) >= 11 is 0. The fourth-order valence-electron chi connectivity index (χ4n) is 1.87. The van der Waals surface area contributed by atoms with Crippen LogP contribution in [0, 0.1) is 0 Å². The standard InChI is InChI=1S/C15H13NO4/c1-18-12-3-4-13(17)10(6-12)8-16-11-2-5-14-15(7-11)20-9-19-14/h2-8,17H,9H2,1H3. The van der Waals surface area contributed by atoms with Gasteiger partial charge in [0.2, 0.25) is 6.79 Å². The Hall–Kier alpha value is -2.69. The summed E-state index contributed by atoms with van der Waals surface area (Å²) in [5, 5.41) is 9.77. The minimum Gasteiger partial charge on any atom is -0.507 e. The van der Waals surface area contributed by atoms with Gasteiger partial charge in [-0.25, -0.2) is 0 Å². The molecule has 0 radical (unpaired) electrons. The van der Waals surface area contributed by atoms with Gasteiger partial charge in [0.25, 0.3) is 0 Å². The van der Waals surface area contributed by atoms with Crippen molar-refractivity contribution in [2.75, 3.05) is 13.9 Å². The lowest BCUT2D eigenvalue weighted by molar-refractivity contribution is 0.174. The molecule has 1 heterocycles. The summed E-state index contributed by atoms with van der Waals surface area (Å²) in [5.74, 6) is 2.20. The second kappa shape index (κ2) is 5.13. The molecule has 2 aromatic carbocycles. The van der Waals surface area contributed by atoms with E-state index in [0.29, 0.717) is 22.8 Å². The molecule has 0 spiro atoms. The van der Waals surface area contributed by atoms with Crippen molar-refractivity contribution in [1.82, 2.24) is 0 Å². The first-order valence-electron chi connectivity index (χ1n) is 6.07. The predicted octanol–water partition coefficient (Wildman–Crippen LogP) is 2.88. The Labute approximate surface area is 116 Å². The van der Waals surface area contributed by atoms with Gasteiger partial charge in [-0.3, -0.25) is 4.99 Å². The van der Waals surface area contributed by atoms with E-state index in [9.17, 15) is 5.11 Å². The van der Waals surface area contributed by atoms with E-state index in [1.165, 1.54) is 0 Å². The van der Waals surface area contributed by atoms with Crippen molar-refractivity contribution in [3.63, 3.8) is 0 Å². The number of methoxy groups -OCH3 is 1. The van der Waals surface area contributed by atoms with Crippen LogP contribution < -0.4 is 14.2 Å². The van der Waals surface area contributed by atoms with E-state index in [1.807, 2.05) is 6.07 Å². The van der Waals surface area contributed by atoms with Crippen LogP contribution in [0.3, 0.4) is 0 Å². The number of fused-ring (bicyclic) bond motifs is 1. The maximum absolute atomic E-state index is 9.77. The van der Waals surface area contributed by atoms with Gasteiger partial charge >= 0.3 is 0 Å². The summed E-state index contributed by atoms with van der Waals surface area (Å²) in [6, 6.07) is 10.4. The Morgan fingerprint density at radius 3 is 2.85 bits per heavy atom. The second-order valence-electron chi connectivity index (χ2n) is 4.22. The fraction of sp³-hybridized carbons (Fsp3) is 0.133. The molecule has 0 bridgehead atoms. The van der Waals surface area contributed by atoms with Gasteiger partial charge in [-0.1, -0.05) is 0 Å². The first-order valence-corrected chi connectivity index (χ1v) is 6.07. The van der Waals surface area contributed by atoms with Crippen LogP contribution >= 0.6 is 0 Å². The number of nitrogens with zero attached hydrogens (tertiary/aromatic N) is 1. The summed E-state index contributed by atoms with van der Waals surface area (Å²) in [5.41, 5.74) is 1.30. The molecule has 5 nitrogen and oxygen atoms in total. The van der Waals surface area contributed by atoms with Crippen molar-refractivity contribution in [3.8, 4) is 23.0 Å². The molecule has 1 aliphatic heterocycles. The Morgan fingerprint density at radius 2 is 2.00 bits per heavy atom. The summed E-state index contributed by atoms with van der Waals surface area (Å²) in [6.07, 6.45) is 1.58. The van der Waals surface area contributed by atoms with Crippen LogP contribution in [0.5, 0.6) is 23.0 Å². The van der Waals surface area contributed by atoms with Gasteiger partial charge in [0.1, 0.15) is 11.5 Å². The first kappa shape index (κ1) is 12.3. The molecule has 1 N–H and O–H groups in total. The Kier molecular flexibility index (Phi) is 3.16. The topological polar surface area (TPSA) is 60.3 Å². The summed E-state index contributed by atoms with van der Waals surface area (Å²) < 4.78 is 15.6. The Bertz CT molecular complexity index is 667. The zero-order valence-corrected chi connectivity index (χ0v) is 10.9. The van der Waals surface area contributed by atoms with Crippen LogP contribution in [0.1, 0.15) is 5.56 Å². The molecule has 0 saturated heterocycles. The number of phenols is 1. The fourth-order valence-corrected chi connectivity index (χ4v) is 1.87. The number of rotatable bonds is 3. The molecule has 0 aliphatic carbocycles. The van der Waals surface area contributed by atoms with E-state index in [0.717, 1.165) is 5.69 Å². The van der Waals surface area contributed by atoms with Gasteiger partial charge in [0, 0.05) is 17.8 Å². The van der Waals surface area contributed by atoms with Crippen molar-refractivity contribution in [2.45, 2.75) is 0 Å². The number of benzene rings is 2. The van der Waals surface area contributed by atoms with E-state index in [-0.39, 0.29) is 12.5 Å². The highest BCUT2D eigenvalue weighted by atomic mass is 16.7. The van der Waals surface area contributed by atoms with E-state index in [1.54, 1.807) is 43.7 Å². The van der Waals surface area contributed by atoms with Crippen molar-refractivity contribution in [3.05, 3.63) is 42.0 Å². The van der Waals surface area contributed by atoms with Gasteiger partial charge in [-0.2, -0.15) is 0 Å². The lowest BCUT2D eigenvalue weighted by atomic mass is 10.2. The van der Waals surface area contributed by atoms with Crippen LogP contribution in [0.15, 0.2) is 41.4 Å².